The van der Waals surface area contributed by atoms with Gasteiger partial charge >= 0.3 is 0 Å². The Morgan fingerprint density at radius 1 is 1.15 bits per heavy atom. The third-order valence-corrected chi connectivity index (χ3v) is 8.35. The lowest BCUT2D eigenvalue weighted by atomic mass is 9.56. The SMILES string of the molecule is C[C@H](SC12CC3CC(CC(C3)C1)C2)C(=O)N1CC(=O)Nc2ccccc21. The molecule has 1 aromatic carbocycles. The molecule has 4 saturated carbocycles. The van der Waals surface area contributed by atoms with Crippen LogP contribution in [0.2, 0.25) is 0 Å². The van der Waals surface area contributed by atoms with Gasteiger partial charge in [-0.1, -0.05) is 12.1 Å². The maximum absolute atomic E-state index is 13.3. The van der Waals surface area contributed by atoms with Crippen LogP contribution in [0.4, 0.5) is 11.4 Å². The lowest BCUT2D eigenvalue weighted by molar-refractivity contribution is -0.121. The van der Waals surface area contributed by atoms with E-state index < -0.39 is 0 Å². The normalized spacial score (nSPS) is 35.8. The van der Waals surface area contributed by atoms with Gasteiger partial charge < -0.3 is 5.32 Å². The lowest BCUT2D eigenvalue weighted by Crippen LogP contribution is -2.51. The number of amides is 2. The summed E-state index contributed by atoms with van der Waals surface area (Å²) in [5.74, 6) is 2.63. The van der Waals surface area contributed by atoms with E-state index in [1.54, 1.807) is 4.90 Å². The van der Waals surface area contributed by atoms with Crippen LogP contribution >= 0.6 is 11.8 Å². The Morgan fingerprint density at radius 2 is 1.77 bits per heavy atom. The number of carbonyl (C=O) groups excluding carboxylic acids is 2. The zero-order chi connectivity index (χ0) is 17.9. The number of thioether (sulfide) groups is 1. The molecule has 138 valence electrons. The number of hydrogen-bond donors (Lipinski definition) is 1. The van der Waals surface area contributed by atoms with Crippen LogP contribution in [0.5, 0.6) is 0 Å². The number of nitrogens with zero attached hydrogens (tertiary/aromatic N) is 1. The first-order valence-electron chi connectivity index (χ1n) is 9.89. The molecule has 0 saturated heterocycles. The van der Waals surface area contributed by atoms with E-state index in [0.717, 1.165) is 29.1 Å². The van der Waals surface area contributed by atoms with Crippen molar-refractivity contribution in [3.8, 4) is 0 Å². The van der Waals surface area contributed by atoms with Crippen molar-refractivity contribution < 1.29 is 9.59 Å². The summed E-state index contributed by atoms with van der Waals surface area (Å²) in [6, 6.07) is 7.60. The Kier molecular flexibility index (Phi) is 3.85. The second kappa shape index (κ2) is 6.01. The fraction of sp³-hybridized carbons (Fsp3) is 0.619. The standard InChI is InChI=1S/C21H26N2O2S/c1-13(26-21-9-14-6-15(10-21)8-16(7-14)11-21)20(25)23-12-19(24)22-17-4-2-3-5-18(17)23/h2-5,13-16H,6-12H2,1H3,(H,22,24)/t13-,14?,15?,16?,21?/m0/s1. The van der Waals surface area contributed by atoms with Crippen LogP contribution in [0.1, 0.15) is 45.4 Å². The maximum Gasteiger partial charge on any atom is 0.244 e. The smallest absolute Gasteiger partial charge is 0.244 e. The van der Waals surface area contributed by atoms with Gasteiger partial charge in [0.05, 0.1) is 16.6 Å². The van der Waals surface area contributed by atoms with Crippen LogP contribution < -0.4 is 10.2 Å². The highest BCUT2D eigenvalue weighted by Crippen LogP contribution is 2.61. The van der Waals surface area contributed by atoms with E-state index in [2.05, 4.69) is 5.32 Å². The van der Waals surface area contributed by atoms with Crippen molar-refractivity contribution in [3.63, 3.8) is 0 Å². The van der Waals surface area contributed by atoms with Crippen molar-refractivity contribution in [1.29, 1.82) is 0 Å². The molecule has 5 heteroatoms. The minimum absolute atomic E-state index is 0.0769. The number of carbonyl (C=O) groups is 2. The molecule has 1 atom stereocenters. The first kappa shape index (κ1) is 16.7. The second-order valence-electron chi connectivity index (χ2n) is 8.85. The number of anilines is 2. The fourth-order valence-corrected chi connectivity index (χ4v) is 8.22. The summed E-state index contributed by atoms with van der Waals surface area (Å²) in [6.45, 7) is 2.17. The Balaban J connectivity index is 1.36. The molecule has 1 aromatic rings. The summed E-state index contributed by atoms with van der Waals surface area (Å²) in [7, 11) is 0. The monoisotopic (exact) mass is 370 g/mol. The zero-order valence-corrected chi connectivity index (χ0v) is 16.1. The third kappa shape index (κ3) is 2.75. The second-order valence-corrected chi connectivity index (χ2v) is 10.7. The first-order valence-corrected chi connectivity index (χ1v) is 10.8. The third-order valence-electron chi connectivity index (χ3n) is 6.79. The number of rotatable bonds is 3. The van der Waals surface area contributed by atoms with Gasteiger partial charge in [0.1, 0.15) is 6.54 Å². The van der Waals surface area contributed by atoms with Crippen molar-refractivity contribution in [2.45, 2.75) is 55.4 Å². The highest BCUT2D eigenvalue weighted by atomic mass is 32.2. The average molecular weight is 371 g/mol. The predicted molar refractivity (Wildman–Crippen MR) is 105 cm³/mol. The van der Waals surface area contributed by atoms with Crippen LogP contribution in [0.3, 0.4) is 0 Å². The summed E-state index contributed by atoms with van der Waals surface area (Å²) in [6.07, 6.45) is 8.13. The van der Waals surface area contributed by atoms with E-state index in [-0.39, 0.29) is 23.6 Å². The summed E-state index contributed by atoms with van der Waals surface area (Å²) < 4.78 is 0.307. The summed E-state index contributed by atoms with van der Waals surface area (Å²) >= 11 is 1.91. The van der Waals surface area contributed by atoms with Gasteiger partial charge in [-0.3, -0.25) is 14.5 Å². The number of fused-ring (bicyclic) bond motifs is 1. The highest BCUT2D eigenvalue weighted by Gasteiger charge is 2.52. The topological polar surface area (TPSA) is 49.4 Å². The van der Waals surface area contributed by atoms with E-state index in [4.69, 9.17) is 0 Å². The molecule has 5 aliphatic rings. The molecule has 4 aliphatic carbocycles. The van der Waals surface area contributed by atoms with Gasteiger partial charge in [0.2, 0.25) is 11.8 Å². The number of para-hydroxylation sites is 2. The Morgan fingerprint density at radius 3 is 2.42 bits per heavy atom. The van der Waals surface area contributed by atoms with Crippen molar-refractivity contribution in [1.82, 2.24) is 0 Å². The fourth-order valence-electron chi connectivity index (χ4n) is 6.25. The molecule has 26 heavy (non-hydrogen) atoms. The molecule has 0 aromatic heterocycles. The van der Waals surface area contributed by atoms with Gasteiger partial charge in [-0.2, -0.15) is 0 Å². The summed E-state index contributed by atoms with van der Waals surface area (Å²) in [5, 5.41) is 2.76. The van der Waals surface area contributed by atoms with Crippen LogP contribution in [0.15, 0.2) is 24.3 Å². The van der Waals surface area contributed by atoms with E-state index in [1.165, 1.54) is 38.5 Å². The molecule has 1 N–H and O–H groups in total. The van der Waals surface area contributed by atoms with E-state index in [1.807, 2.05) is 43.0 Å². The van der Waals surface area contributed by atoms with Crippen LogP contribution in [0.25, 0.3) is 0 Å². The van der Waals surface area contributed by atoms with Gasteiger partial charge in [-0.05, 0) is 75.3 Å². The Labute approximate surface area is 159 Å². The maximum atomic E-state index is 13.3. The molecule has 0 radical (unpaired) electrons. The van der Waals surface area contributed by atoms with Crippen LogP contribution in [0, 0.1) is 17.8 Å². The van der Waals surface area contributed by atoms with Crippen LogP contribution in [-0.4, -0.2) is 28.4 Å². The average Bonchev–Trinajstić information content (AvgIpc) is 2.58. The number of nitrogens with one attached hydrogen (secondary N) is 1. The minimum Gasteiger partial charge on any atom is -0.323 e. The van der Waals surface area contributed by atoms with Crippen molar-refractivity contribution in [3.05, 3.63) is 24.3 Å². The molecule has 4 bridgehead atoms. The predicted octanol–water partition coefficient (Wildman–Crippen LogP) is 4.06. The molecule has 6 rings (SSSR count). The molecular weight excluding hydrogens is 344 g/mol. The van der Waals surface area contributed by atoms with Gasteiger partial charge in [0.15, 0.2) is 0 Å². The molecular formula is C21H26N2O2S. The quantitative estimate of drug-likeness (QED) is 0.873. The van der Waals surface area contributed by atoms with Gasteiger partial charge in [0.25, 0.3) is 0 Å². The van der Waals surface area contributed by atoms with E-state index >= 15 is 0 Å². The summed E-state index contributed by atoms with van der Waals surface area (Å²) in [4.78, 5) is 27.0. The number of hydrogen-bond acceptors (Lipinski definition) is 3. The Hall–Kier alpha value is -1.49. The Bertz CT molecular complexity index is 727. The van der Waals surface area contributed by atoms with Crippen molar-refractivity contribution in [2.24, 2.45) is 17.8 Å². The van der Waals surface area contributed by atoms with Gasteiger partial charge in [-0.25, -0.2) is 0 Å². The molecule has 4 nitrogen and oxygen atoms in total. The molecule has 0 spiro atoms. The number of benzene rings is 1. The van der Waals surface area contributed by atoms with Crippen molar-refractivity contribution >= 4 is 35.0 Å². The van der Waals surface area contributed by atoms with Crippen LogP contribution in [-0.2, 0) is 9.59 Å². The molecule has 1 aliphatic heterocycles. The van der Waals surface area contributed by atoms with Gasteiger partial charge in [-0.15, -0.1) is 11.8 Å². The van der Waals surface area contributed by atoms with E-state index in [9.17, 15) is 9.59 Å². The van der Waals surface area contributed by atoms with E-state index in [0.29, 0.717) is 4.75 Å². The van der Waals surface area contributed by atoms with Gasteiger partial charge in [0, 0.05) is 4.75 Å². The minimum atomic E-state index is -0.107. The molecule has 1 heterocycles. The molecule has 0 unspecified atom stereocenters. The zero-order valence-electron chi connectivity index (χ0n) is 15.2. The largest absolute Gasteiger partial charge is 0.323 e. The molecule has 2 amide bonds. The highest BCUT2D eigenvalue weighted by molar-refractivity contribution is 8.01. The lowest BCUT2D eigenvalue weighted by Gasteiger charge is -2.57. The first-order chi connectivity index (χ1) is 12.5. The van der Waals surface area contributed by atoms with Crippen molar-refractivity contribution in [2.75, 3.05) is 16.8 Å². The molecule has 4 fully saturated rings. The summed E-state index contributed by atoms with van der Waals surface area (Å²) in [5.41, 5.74) is 1.57.